The molecule has 0 unspecified atom stereocenters. The van der Waals surface area contributed by atoms with Crippen LogP contribution < -0.4 is 20.1 Å². The van der Waals surface area contributed by atoms with Crippen molar-refractivity contribution in [2.45, 2.75) is 19.3 Å². The smallest absolute Gasteiger partial charge is 0.416 e. The van der Waals surface area contributed by atoms with Gasteiger partial charge in [0.05, 0.1) is 19.8 Å². The average Bonchev–Trinajstić information content (AvgIpc) is 2.67. The van der Waals surface area contributed by atoms with E-state index in [1.165, 1.54) is 6.07 Å². The Bertz CT molecular complexity index is 792. The fourth-order valence-corrected chi connectivity index (χ4v) is 2.44. The molecule has 8 heteroatoms. The van der Waals surface area contributed by atoms with Crippen molar-refractivity contribution in [3.63, 3.8) is 0 Å². The second-order valence-corrected chi connectivity index (χ2v) is 5.66. The summed E-state index contributed by atoms with van der Waals surface area (Å²) in [5, 5.41) is 6.11. The van der Waals surface area contributed by atoms with Gasteiger partial charge in [0.25, 0.3) is 0 Å². The monoisotopic (exact) mass is 381 g/mol. The van der Waals surface area contributed by atoms with E-state index in [-0.39, 0.29) is 6.54 Å². The molecule has 146 valence electrons. The Labute approximate surface area is 156 Å². The molecule has 0 spiro atoms. The van der Waals surface area contributed by atoms with E-state index < -0.39 is 11.7 Å². The minimum Gasteiger partial charge on any atom is -0.497 e. The molecule has 2 N–H and O–H groups in total. The van der Waals surface area contributed by atoms with Gasteiger partial charge in [-0.2, -0.15) is 13.2 Å². The normalized spacial score (nSPS) is 11.9. The number of aliphatic imine (C=N–C) groups is 1. The standard InChI is InChI=1S/C19H22F3N3O2/c1-23-18(24-11-13-5-4-6-15(9-13)19(20,21)22)25-12-14-7-8-16(26-2)10-17(14)27-3/h4-10H,11-12H2,1-3H3,(H2,23,24,25). The van der Waals surface area contributed by atoms with Crippen molar-refractivity contribution in [2.75, 3.05) is 21.3 Å². The molecule has 2 rings (SSSR count). The van der Waals surface area contributed by atoms with Crippen LogP contribution in [0.2, 0.25) is 0 Å². The topological polar surface area (TPSA) is 54.9 Å². The molecule has 2 aromatic rings. The maximum atomic E-state index is 12.8. The quantitative estimate of drug-likeness (QED) is 0.593. The van der Waals surface area contributed by atoms with Gasteiger partial charge < -0.3 is 20.1 Å². The Hall–Kier alpha value is -2.90. The van der Waals surface area contributed by atoms with Crippen LogP contribution >= 0.6 is 0 Å². The highest BCUT2D eigenvalue weighted by Gasteiger charge is 2.30. The minimum atomic E-state index is -4.36. The SMILES string of the molecule is CN=C(NCc1cccc(C(F)(F)F)c1)NCc1ccc(OC)cc1OC. The van der Waals surface area contributed by atoms with Crippen molar-refractivity contribution >= 4 is 5.96 Å². The number of hydrogen-bond donors (Lipinski definition) is 2. The number of guanidine groups is 1. The Morgan fingerprint density at radius 1 is 1.00 bits per heavy atom. The van der Waals surface area contributed by atoms with Gasteiger partial charge in [-0.15, -0.1) is 0 Å². The van der Waals surface area contributed by atoms with Crippen molar-refractivity contribution < 1.29 is 22.6 Å². The Morgan fingerprint density at radius 3 is 2.37 bits per heavy atom. The minimum absolute atomic E-state index is 0.212. The van der Waals surface area contributed by atoms with Crippen LogP contribution in [0.25, 0.3) is 0 Å². The number of nitrogens with one attached hydrogen (secondary N) is 2. The lowest BCUT2D eigenvalue weighted by atomic mass is 10.1. The number of halogens is 3. The van der Waals surface area contributed by atoms with Crippen LogP contribution in [0.1, 0.15) is 16.7 Å². The molecule has 0 aliphatic rings. The van der Waals surface area contributed by atoms with E-state index in [0.717, 1.165) is 17.7 Å². The summed E-state index contributed by atoms with van der Waals surface area (Å²) in [7, 11) is 4.73. The maximum absolute atomic E-state index is 12.8. The highest BCUT2D eigenvalue weighted by molar-refractivity contribution is 5.79. The maximum Gasteiger partial charge on any atom is 0.416 e. The van der Waals surface area contributed by atoms with Gasteiger partial charge in [-0.25, -0.2) is 0 Å². The molecule has 0 saturated carbocycles. The van der Waals surface area contributed by atoms with E-state index >= 15 is 0 Å². The lowest BCUT2D eigenvalue weighted by Crippen LogP contribution is -2.36. The highest BCUT2D eigenvalue weighted by Crippen LogP contribution is 2.29. The number of ether oxygens (including phenoxy) is 2. The predicted molar refractivity (Wildman–Crippen MR) is 98.0 cm³/mol. The summed E-state index contributed by atoms with van der Waals surface area (Å²) in [4.78, 5) is 4.09. The van der Waals surface area contributed by atoms with E-state index in [1.54, 1.807) is 33.4 Å². The van der Waals surface area contributed by atoms with Crippen molar-refractivity contribution in [2.24, 2.45) is 4.99 Å². The molecule has 0 radical (unpaired) electrons. The van der Waals surface area contributed by atoms with Crippen LogP contribution in [-0.2, 0) is 19.3 Å². The molecule has 0 aliphatic heterocycles. The number of nitrogens with zero attached hydrogens (tertiary/aromatic N) is 1. The molecule has 27 heavy (non-hydrogen) atoms. The van der Waals surface area contributed by atoms with Crippen LogP contribution in [0, 0.1) is 0 Å². The van der Waals surface area contributed by atoms with Crippen molar-refractivity contribution in [1.29, 1.82) is 0 Å². The summed E-state index contributed by atoms with van der Waals surface area (Å²) in [6, 6.07) is 10.6. The van der Waals surface area contributed by atoms with Crippen LogP contribution in [0.5, 0.6) is 11.5 Å². The molecule has 0 bridgehead atoms. The van der Waals surface area contributed by atoms with E-state index in [0.29, 0.717) is 29.6 Å². The molecule has 0 aliphatic carbocycles. The van der Waals surface area contributed by atoms with Gasteiger partial charge in [-0.1, -0.05) is 12.1 Å². The van der Waals surface area contributed by atoms with Crippen LogP contribution in [0.15, 0.2) is 47.5 Å². The van der Waals surface area contributed by atoms with E-state index in [1.807, 2.05) is 12.1 Å². The second-order valence-electron chi connectivity index (χ2n) is 5.66. The van der Waals surface area contributed by atoms with Gasteiger partial charge in [-0.05, 0) is 29.8 Å². The average molecular weight is 381 g/mol. The lowest BCUT2D eigenvalue weighted by molar-refractivity contribution is -0.137. The number of rotatable bonds is 6. The van der Waals surface area contributed by atoms with Crippen molar-refractivity contribution in [3.8, 4) is 11.5 Å². The summed E-state index contributed by atoms with van der Waals surface area (Å²) in [5.74, 6) is 1.81. The highest BCUT2D eigenvalue weighted by atomic mass is 19.4. The fraction of sp³-hybridized carbons (Fsp3) is 0.316. The first-order valence-electron chi connectivity index (χ1n) is 8.19. The van der Waals surface area contributed by atoms with Gasteiger partial charge in [0.15, 0.2) is 5.96 Å². The summed E-state index contributed by atoms with van der Waals surface area (Å²) < 4.78 is 48.9. The molecular formula is C19H22F3N3O2. The largest absolute Gasteiger partial charge is 0.497 e. The van der Waals surface area contributed by atoms with Gasteiger partial charge in [-0.3, -0.25) is 4.99 Å². The number of methoxy groups -OCH3 is 2. The van der Waals surface area contributed by atoms with Gasteiger partial charge in [0.2, 0.25) is 0 Å². The first-order chi connectivity index (χ1) is 12.9. The molecule has 0 saturated heterocycles. The third kappa shape index (κ3) is 5.80. The Kier molecular flexibility index (Phi) is 6.92. The lowest BCUT2D eigenvalue weighted by Gasteiger charge is -2.15. The summed E-state index contributed by atoms with van der Waals surface area (Å²) in [6.45, 7) is 0.638. The van der Waals surface area contributed by atoms with E-state index in [2.05, 4.69) is 15.6 Å². The first-order valence-corrected chi connectivity index (χ1v) is 8.19. The molecule has 0 fully saturated rings. The zero-order valence-electron chi connectivity index (χ0n) is 15.4. The van der Waals surface area contributed by atoms with Gasteiger partial charge in [0, 0.05) is 31.8 Å². The molecule has 5 nitrogen and oxygen atoms in total. The third-order valence-electron chi connectivity index (χ3n) is 3.88. The molecule has 0 atom stereocenters. The van der Waals surface area contributed by atoms with Gasteiger partial charge >= 0.3 is 6.18 Å². The predicted octanol–water partition coefficient (Wildman–Crippen LogP) is 3.59. The van der Waals surface area contributed by atoms with Crippen LogP contribution in [0.4, 0.5) is 13.2 Å². The Morgan fingerprint density at radius 2 is 1.74 bits per heavy atom. The Balaban J connectivity index is 1.97. The van der Waals surface area contributed by atoms with Crippen molar-refractivity contribution in [3.05, 3.63) is 59.2 Å². The zero-order valence-corrected chi connectivity index (χ0v) is 15.4. The molecule has 0 amide bonds. The number of benzene rings is 2. The number of hydrogen-bond acceptors (Lipinski definition) is 3. The van der Waals surface area contributed by atoms with E-state index in [4.69, 9.17) is 9.47 Å². The summed E-state index contributed by atoms with van der Waals surface area (Å²) in [6.07, 6.45) is -4.36. The molecule has 0 aromatic heterocycles. The molecule has 2 aromatic carbocycles. The number of alkyl halides is 3. The molecular weight excluding hydrogens is 359 g/mol. The van der Waals surface area contributed by atoms with Crippen LogP contribution in [-0.4, -0.2) is 27.2 Å². The fourth-order valence-electron chi connectivity index (χ4n) is 2.44. The summed E-state index contributed by atoms with van der Waals surface area (Å²) >= 11 is 0. The zero-order chi connectivity index (χ0) is 19.9. The van der Waals surface area contributed by atoms with Crippen LogP contribution in [0.3, 0.4) is 0 Å². The van der Waals surface area contributed by atoms with Gasteiger partial charge in [0.1, 0.15) is 11.5 Å². The second kappa shape index (κ2) is 9.16. The van der Waals surface area contributed by atoms with Crippen molar-refractivity contribution in [1.82, 2.24) is 10.6 Å². The molecule has 0 heterocycles. The summed E-state index contributed by atoms with van der Waals surface area (Å²) in [5.41, 5.74) is 0.725. The first kappa shape index (κ1) is 20.4. The third-order valence-corrected chi connectivity index (χ3v) is 3.88. The van der Waals surface area contributed by atoms with E-state index in [9.17, 15) is 13.2 Å².